The molecule has 2 rings (SSSR count). The summed E-state index contributed by atoms with van der Waals surface area (Å²) in [7, 11) is 0. The third-order valence-corrected chi connectivity index (χ3v) is 3.50. The van der Waals surface area contributed by atoms with E-state index in [1.54, 1.807) is 0 Å². The summed E-state index contributed by atoms with van der Waals surface area (Å²) in [4.78, 5) is 4.45. The second-order valence-electron chi connectivity index (χ2n) is 4.71. The fraction of sp³-hybridized carbons (Fsp3) is 0.357. The largest absolute Gasteiger partial charge is 0.354 e. The van der Waals surface area contributed by atoms with E-state index in [9.17, 15) is 0 Å². The summed E-state index contributed by atoms with van der Waals surface area (Å²) in [6.45, 7) is 6.23. The van der Waals surface area contributed by atoms with E-state index in [0.29, 0.717) is 11.5 Å². The van der Waals surface area contributed by atoms with Gasteiger partial charge in [0.25, 0.3) is 0 Å². The van der Waals surface area contributed by atoms with Gasteiger partial charge < -0.3 is 5.32 Å². The van der Waals surface area contributed by atoms with Crippen molar-refractivity contribution in [1.29, 1.82) is 5.26 Å². The predicted octanol–water partition coefficient (Wildman–Crippen LogP) is 3.71. The van der Waals surface area contributed by atoms with Crippen molar-refractivity contribution >= 4 is 16.7 Å². The molecule has 1 aromatic carbocycles. The van der Waals surface area contributed by atoms with Gasteiger partial charge in [-0.05, 0) is 24.6 Å². The molecule has 0 fully saturated rings. The van der Waals surface area contributed by atoms with Gasteiger partial charge in [-0.3, -0.25) is 0 Å². The first-order valence-corrected chi connectivity index (χ1v) is 6.97. The average Bonchev–Trinajstić information content (AvgIpc) is 2.87. The standard InChI is InChI=1S/C14H16N4S/c1-9(2)13-17-14(19-18-13)16-10(3)12-6-4-11(8-15)5-7-12/h4-7,9-10H,1-3H3,(H,16,17,18). The van der Waals surface area contributed by atoms with Gasteiger partial charge in [0.15, 0.2) is 0 Å². The van der Waals surface area contributed by atoms with Crippen molar-refractivity contribution in [3.8, 4) is 6.07 Å². The minimum absolute atomic E-state index is 0.140. The maximum absolute atomic E-state index is 8.77. The van der Waals surface area contributed by atoms with Gasteiger partial charge >= 0.3 is 0 Å². The first-order chi connectivity index (χ1) is 9.10. The Morgan fingerprint density at radius 2 is 1.89 bits per heavy atom. The lowest BCUT2D eigenvalue weighted by Gasteiger charge is -2.12. The molecule has 0 radical (unpaired) electrons. The Morgan fingerprint density at radius 1 is 1.21 bits per heavy atom. The molecule has 98 valence electrons. The highest BCUT2D eigenvalue weighted by Gasteiger charge is 2.11. The number of nitrogens with zero attached hydrogens (tertiary/aromatic N) is 3. The summed E-state index contributed by atoms with van der Waals surface area (Å²) in [5.74, 6) is 1.22. The second-order valence-corrected chi connectivity index (χ2v) is 5.46. The van der Waals surface area contributed by atoms with Crippen LogP contribution in [0.5, 0.6) is 0 Å². The van der Waals surface area contributed by atoms with Crippen LogP contribution in [0.3, 0.4) is 0 Å². The molecule has 0 aliphatic rings. The smallest absolute Gasteiger partial charge is 0.203 e. The van der Waals surface area contributed by atoms with E-state index in [0.717, 1.165) is 16.5 Å². The number of rotatable bonds is 4. The molecule has 0 spiro atoms. The van der Waals surface area contributed by atoms with Gasteiger partial charge in [-0.15, -0.1) is 0 Å². The second kappa shape index (κ2) is 5.81. The number of anilines is 1. The predicted molar refractivity (Wildman–Crippen MR) is 77.2 cm³/mol. The quantitative estimate of drug-likeness (QED) is 0.921. The average molecular weight is 272 g/mol. The van der Waals surface area contributed by atoms with E-state index in [1.165, 1.54) is 11.5 Å². The third-order valence-electron chi connectivity index (χ3n) is 2.84. The Bertz CT molecular complexity index is 580. The summed E-state index contributed by atoms with van der Waals surface area (Å²) in [6, 6.07) is 9.83. The van der Waals surface area contributed by atoms with Crippen molar-refractivity contribution < 1.29 is 0 Å². The molecule has 1 heterocycles. The van der Waals surface area contributed by atoms with Crippen LogP contribution in [0.1, 0.15) is 49.7 Å². The van der Waals surface area contributed by atoms with E-state index in [4.69, 9.17) is 5.26 Å². The van der Waals surface area contributed by atoms with Gasteiger partial charge in [-0.2, -0.15) is 9.64 Å². The van der Waals surface area contributed by atoms with Crippen LogP contribution in [0.15, 0.2) is 24.3 Å². The zero-order valence-electron chi connectivity index (χ0n) is 11.2. The molecule has 0 aliphatic carbocycles. The molecule has 0 aliphatic heterocycles. The molecule has 4 nitrogen and oxygen atoms in total. The Balaban J connectivity index is 2.07. The van der Waals surface area contributed by atoms with Crippen LogP contribution in [0.4, 0.5) is 5.13 Å². The van der Waals surface area contributed by atoms with Crippen molar-refractivity contribution in [2.24, 2.45) is 0 Å². The molecule has 0 saturated carbocycles. The van der Waals surface area contributed by atoms with Gasteiger partial charge in [0.05, 0.1) is 17.7 Å². The number of hydrogen-bond acceptors (Lipinski definition) is 5. The van der Waals surface area contributed by atoms with Crippen LogP contribution in [-0.4, -0.2) is 9.36 Å². The zero-order chi connectivity index (χ0) is 13.8. The van der Waals surface area contributed by atoms with E-state index < -0.39 is 0 Å². The minimum Gasteiger partial charge on any atom is -0.354 e. The van der Waals surface area contributed by atoms with E-state index in [-0.39, 0.29) is 6.04 Å². The first-order valence-electron chi connectivity index (χ1n) is 6.20. The summed E-state index contributed by atoms with van der Waals surface area (Å²) in [6.07, 6.45) is 0. The van der Waals surface area contributed by atoms with Crippen molar-refractivity contribution in [3.63, 3.8) is 0 Å². The Labute approximate surface area is 117 Å². The first kappa shape index (κ1) is 13.5. The lowest BCUT2D eigenvalue weighted by atomic mass is 10.1. The maximum atomic E-state index is 8.77. The highest BCUT2D eigenvalue weighted by atomic mass is 32.1. The van der Waals surface area contributed by atoms with Crippen LogP contribution in [0, 0.1) is 11.3 Å². The number of benzene rings is 1. The lowest BCUT2D eigenvalue weighted by molar-refractivity contribution is 0.795. The Kier molecular flexibility index (Phi) is 4.13. The molecule has 19 heavy (non-hydrogen) atoms. The number of hydrogen-bond donors (Lipinski definition) is 1. The molecule has 1 atom stereocenters. The molecule has 0 saturated heterocycles. The minimum atomic E-state index is 0.140. The van der Waals surface area contributed by atoms with Crippen LogP contribution >= 0.6 is 11.5 Å². The Morgan fingerprint density at radius 3 is 2.42 bits per heavy atom. The normalized spacial score (nSPS) is 12.2. The molecular formula is C14H16N4S. The monoisotopic (exact) mass is 272 g/mol. The van der Waals surface area contributed by atoms with Crippen LogP contribution in [0.2, 0.25) is 0 Å². The molecular weight excluding hydrogens is 256 g/mol. The van der Waals surface area contributed by atoms with Gasteiger partial charge in [0.1, 0.15) is 5.82 Å². The number of aromatic nitrogens is 2. The van der Waals surface area contributed by atoms with Crippen LogP contribution < -0.4 is 5.32 Å². The number of nitrogens with one attached hydrogen (secondary N) is 1. The summed E-state index contributed by atoms with van der Waals surface area (Å²) < 4.78 is 4.31. The van der Waals surface area contributed by atoms with Gasteiger partial charge in [-0.1, -0.05) is 26.0 Å². The van der Waals surface area contributed by atoms with Gasteiger partial charge in [0.2, 0.25) is 5.13 Å². The fourth-order valence-corrected chi connectivity index (χ4v) is 2.44. The fourth-order valence-electron chi connectivity index (χ4n) is 1.64. The summed E-state index contributed by atoms with van der Waals surface area (Å²) in [5, 5.41) is 12.9. The summed E-state index contributed by atoms with van der Waals surface area (Å²) >= 11 is 1.38. The van der Waals surface area contributed by atoms with E-state index >= 15 is 0 Å². The van der Waals surface area contributed by atoms with Gasteiger partial charge in [0, 0.05) is 17.5 Å². The van der Waals surface area contributed by atoms with Crippen molar-refractivity contribution in [2.45, 2.75) is 32.7 Å². The van der Waals surface area contributed by atoms with Gasteiger partial charge in [-0.25, -0.2) is 4.98 Å². The van der Waals surface area contributed by atoms with Crippen LogP contribution in [-0.2, 0) is 0 Å². The third kappa shape index (κ3) is 3.30. The lowest BCUT2D eigenvalue weighted by Crippen LogP contribution is -2.06. The molecule has 1 unspecified atom stereocenters. The van der Waals surface area contributed by atoms with E-state index in [2.05, 4.69) is 41.5 Å². The molecule has 1 aromatic heterocycles. The van der Waals surface area contributed by atoms with E-state index in [1.807, 2.05) is 24.3 Å². The molecule has 1 N–H and O–H groups in total. The topological polar surface area (TPSA) is 61.6 Å². The zero-order valence-corrected chi connectivity index (χ0v) is 12.0. The van der Waals surface area contributed by atoms with Crippen molar-refractivity contribution in [2.75, 3.05) is 5.32 Å². The summed E-state index contributed by atoms with van der Waals surface area (Å²) in [5.41, 5.74) is 1.80. The highest BCUT2D eigenvalue weighted by Crippen LogP contribution is 2.23. The maximum Gasteiger partial charge on any atom is 0.203 e. The number of nitriles is 1. The van der Waals surface area contributed by atoms with Crippen molar-refractivity contribution in [3.05, 3.63) is 41.2 Å². The Hall–Kier alpha value is -1.93. The molecule has 0 bridgehead atoms. The van der Waals surface area contributed by atoms with Crippen LogP contribution in [0.25, 0.3) is 0 Å². The molecule has 0 amide bonds. The molecule has 2 aromatic rings. The molecule has 5 heteroatoms. The highest BCUT2D eigenvalue weighted by molar-refractivity contribution is 7.09. The van der Waals surface area contributed by atoms with Crippen molar-refractivity contribution in [1.82, 2.24) is 9.36 Å². The SMILES string of the molecule is CC(C)c1nsc(NC(C)c2ccc(C#N)cc2)n1.